The van der Waals surface area contributed by atoms with Crippen LogP contribution >= 0.6 is 0 Å². The Labute approximate surface area is 133 Å². The molecule has 0 amide bonds. The number of piperazine rings is 1. The summed E-state index contributed by atoms with van der Waals surface area (Å²) >= 11 is 0. The summed E-state index contributed by atoms with van der Waals surface area (Å²) in [6, 6.07) is 9.13. The van der Waals surface area contributed by atoms with Gasteiger partial charge in [0.1, 0.15) is 5.69 Å². The molecule has 1 N–H and O–H groups in total. The van der Waals surface area contributed by atoms with E-state index in [4.69, 9.17) is 0 Å². The lowest BCUT2D eigenvalue weighted by atomic mass is 10.1. The van der Waals surface area contributed by atoms with Gasteiger partial charge in [-0.3, -0.25) is 4.79 Å². The number of carboxylic acid groups (broad SMARTS) is 1. The first kappa shape index (κ1) is 15.2. The van der Waals surface area contributed by atoms with Crippen LogP contribution in [0.5, 0.6) is 0 Å². The second kappa shape index (κ2) is 6.18. The molecule has 1 aliphatic heterocycles. The fourth-order valence-electron chi connectivity index (χ4n) is 2.68. The van der Waals surface area contributed by atoms with Gasteiger partial charge in [0, 0.05) is 26.2 Å². The van der Waals surface area contributed by atoms with E-state index in [1.165, 1.54) is 0 Å². The Morgan fingerprint density at radius 2 is 1.83 bits per heavy atom. The van der Waals surface area contributed by atoms with E-state index in [-0.39, 0.29) is 5.69 Å². The molecule has 1 unspecified atom stereocenters. The van der Waals surface area contributed by atoms with Crippen LogP contribution in [0.2, 0.25) is 0 Å². The molecule has 7 nitrogen and oxygen atoms in total. The van der Waals surface area contributed by atoms with Crippen LogP contribution in [-0.4, -0.2) is 59.2 Å². The lowest BCUT2D eigenvalue weighted by molar-refractivity contribution is -0.137. The summed E-state index contributed by atoms with van der Waals surface area (Å²) in [5.41, 5.74) is 1.53. The van der Waals surface area contributed by atoms with Crippen molar-refractivity contribution < 1.29 is 9.90 Å². The highest BCUT2D eigenvalue weighted by Crippen LogP contribution is 2.27. The first-order valence-corrected chi connectivity index (χ1v) is 7.42. The van der Waals surface area contributed by atoms with Crippen molar-refractivity contribution in [3.05, 3.63) is 30.0 Å². The SMILES string of the molecule is CN1CCN(c2nc3ccccc3nc2C(C#N)C(=O)O)CC1. The highest BCUT2D eigenvalue weighted by molar-refractivity contribution is 5.84. The van der Waals surface area contributed by atoms with E-state index in [0.717, 1.165) is 26.2 Å². The second-order valence-corrected chi connectivity index (χ2v) is 5.61. The summed E-state index contributed by atoms with van der Waals surface area (Å²) in [6.45, 7) is 3.18. The van der Waals surface area contributed by atoms with Crippen molar-refractivity contribution in [2.75, 3.05) is 38.1 Å². The lowest BCUT2D eigenvalue weighted by Gasteiger charge is -2.34. The Kier molecular flexibility index (Phi) is 4.08. The summed E-state index contributed by atoms with van der Waals surface area (Å²) in [5, 5.41) is 18.6. The fraction of sp³-hybridized carbons (Fsp3) is 0.375. The second-order valence-electron chi connectivity index (χ2n) is 5.61. The normalized spacial score (nSPS) is 17.0. The zero-order valence-corrected chi connectivity index (χ0v) is 12.8. The number of para-hydroxylation sites is 2. The van der Waals surface area contributed by atoms with E-state index >= 15 is 0 Å². The summed E-state index contributed by atoms with van der Waals surface area (Å²) in [5.74, 6) is -2.01. The molecule has 1 aromatic carbocycles. The van der Waals surface area contributed by atoms with Crippen molar-refractivity contribution in [2.24, 2.45) is 0 Å². The minimum atomic E-state index is -1.32. The molecule has 1 fully saturated rings. The number of aliphatic carboxylic acids is 1. The maximum absolute atomic E-state index is 11.4. The minimum absolute atomic E-state index is 0.225. The Hall–Kier alpha value is -2.72. The number of aromatic nitrogens is 2. The van der Waals surface area contributed by atoms with Crippen molar-refractivity contribution in [3.63, 3.8) is 0 Å². The van der Waals surface area contributed by atoms with Gasteiger partial charge in [0.15, 0.2) is 11.7 Å². The molecule has 1 aliphatic rings. The van der Waals surface area contributed by atoms with Gasteiger partial charge in [0.25, 0.3) is 0 Å². The molecule has 2 heterocycles. The predicted molar refractivity (Wildman–Crippen MR) is 85.2 cm³/mol. The Bertz CT molecular complexity index is 778. The van der Waals surface area contributed by atoms with Crippen molar-refractivity contribution >= 4 is 22.8 Å². The van der Waals surface area contributed by atoms with Crippen molar-refractivity contribution in [1.82, 2.24) is 14.9 Å². The van der Waals surface area contributed by atoms with Crippen LogP contribution in [-0.2, 0) is 4.79 Å². The number of fused-ring (bicyclic) bond motifs is 1. The number of carboxylic acids is 1. The molecule has 0 aliphatic carbocycles. The third-order valence-corrected chi connectivity index (χ3v) is 4.03. The zero-order valence-electron chi connectivity index (χ0n) is 12.8. The maximum Gasteiger partial charge on any atom is 0.327 e. The number of nitrogens with zero attached hydrogens (tertiary/aromatic N) is 5. The van der Waals surface area contributed by atoms with Crippen LogP contribution in [0.25, 0.3) is 11.0 Å². The highest BCUT2D eigenvalue weighted by atomic mass is 16.4. The monoisotopic (exact) mass is 311 g/mol. The van der Waals surface area contributed by atoms with Gasteiger partial charge < -0.3 is 14.9 Å². The first-order valence-electron chi connectivity index (χ1n) is 7.42. The molecule has 1 saturated heterocycles. The lowest BCUT2D eigenvalue weighted by Crippen LogP contribution is -2.45. The quantitative estimate of drug-likeness (QED) is 0.906. The van der Waals surface area contributed by atoms with Gasteiger partial charge in [-0.25, -0.2) is 9.97 Å². The van der Waals surface area contributed by atoms with Crippen LogP contribution in [0.15, 0.2) is 24.3 Å². The van der Waals surface area contributed by atoms with Gasteiger partial charge in [-0.2, -0.15) is 5.26 Å². The van der Waals surface area contributed by atoms with E-state index in [1.54, 1.807) is 6.07 Å². The van der Waals surface area contributed by atoms with E-state index in [1.807, 2.05) is 36.2 Å². The van der Waals surface area contributed by atoms with Crippen LogP contribution in [0.1, 0.15) is 11.6 Å². The molecule has 3 rings (SSSR count). The smallest absolute Gasteiger partial charge is 0.327 e. The summed E-state index contributed by atoms with van der Waals surface area (Å²) < 4.78 is 0. The molecule has 2 aromatic rings. The summed E-state index contributed by atoms with van der Waals surface area (Å²) in [7, 11) is 2.04. The standard InChI is InChI=1S/C16H17N5O2/c1-20-6-8-21(9-7-20)15-14(11(10-17)16(22)23)18-12-4-2-3-5-13(12)19-15/h2-5,11H,6-9H2,1H3,(H,22,23). The number of carbonyl (C=O) groups is 1. The van der Waals surface area contributed by atoms with Gasteiger partial charge >= 0.3 is 5.97 Å². The number of hydrogen-bond donors (Lipinski definition) is 1. The molecule has 118 valence electrons. The summed E-state index contributed by atoms with van der Waals surface area (Å²) in [4.78, 5) is 24.7. The van der Waals surface area contributed by atoms with Crippen molar-refractivity contribution in [3.8, 4) is 6.07 Å². The summed E-state index contributed by atoms with van der Waals surface area (Å²) in [6.07, 6.45) is 0. The number of benzene rings is 1. The zero-order chi connectivity index (χ0) is 16.4. The predicted octanol–water partition coefficient (Wildman–Crippen LogP) is 1.07. The third-order valence-electron chi connectivity index (χ3n) is 4.03. The molecule has 0 saturated carbocycles. The minimum Gasteiger partial charge on any atom is -0.480 e. The molecule has 7 heteroatoms. The van der Waals surface area contributed by atoms with E-state index < -0.39 is 11.9 Å². The molecular weight excluding hydrogens is 294 g/mol. The third kappa shape index (κ3) is 2.94. The van der Waals surface area contributed by atoms with Crippen LogP contribution in [0, 0.1) is 11.3 Å². The first-order chi connectivity index (χ1) is 11.1. The van der Waals surface area contributed by atoms with Crippen LogP contribution < -0.4 is 4.90 Å². The Morgan fingerprint density at radius 1 is 1.22 bits per heavy atom. The Balaban J connectivity index is 2.13. The van der Waals surface area contributed by atoms with Gasteiger partial charge in [0.05, 0.1) is 17.1 Å². The molecule has 0 bridgehead atoms. The average Bonchev–Trinajstić information content (AvgIpc) is 2.55. The number of likely N-dealkylation sites (N-methyl/N-ethyl adjacent to an activating group) is 1. The molecule has 0 radical (unpaired) electrons. The number of rotatable bonds is 3. The average molecular weight is 311 g/mol. The van der Waals surface area contributed by atoms with Gasteiger partial charge in [-0.15, -0.1) is 0 Å². The number of anilines is 1. The van der Waals surface area contributed by atoms with Gasteiger partial charge in [-0.1, -0.05) is 12.1 Å². The van der Waals surface area contributed by atoms with Crippen LogP contribution in [0.3, 0.4) is 0 Å². The highest BCUT2D eigenvalue weighted by Gasteiger charge is 2.29. The maximum atomic E-state index is 11.4. The van der Waals surface area contributed by atoms with Gasteiger partial charge in [-0.05, 0) is 19.2 Å². The van der Waals surface area contributed by atoms with Gasteiger partial charge in [0.2, 0.25) is 0 Å². The van der Waals surface area contributed by atoms with Crippen LogP contribution in [0.4, 0.5) is 5.82 Å². The van der Waals surface area contributed by atoms with E-state index in [2.05, 4.69) is 14.9 Å². The fourth-order valence-corrected chi connectivity index (χ4v) is 2.68. The largest absolute Gasteiger partial charge is 0.480 e. The van der Waals surface area contributed by atoms with E-state index in [0.29, 0.717) is 16.9 Å². The molecule has 23 heavy (non-hydrogen) atoms. The molecule has 1 atom stereocenters. The van der Waals surface area contributed by atoms with Crippen molar-refractivity contribution in [2.45, 2.75) is 5.92 Å². The number of nitriles is 1. The molecular formula is C16H17N5O2. The number of hydrogen-bond acceptors (Lipinski definition) is 6. The molecule has 1 aromatic heterocycles. The van der Waals surface area contributed by atoms with Crippen molar-refractivity contribution in [1.29, 1.82) is 5.26 Å². The topological polar surface area (TPSA) is 93.4 Å². The molecule has 0 spiro atoms. The van der Waals surface area contributed by atoms with E-state index in [9.17, 15) is 15.2 Å². The Morgan fingerprint density at radius 3 is 2.39 bits per heavy atom.